The van der Waals surface area contributed by atoms with E-state index < -0.39 is 34.0 Å². The molecule has 1 fully saturated rings. The van der Waals surface area contributed by atoms with Gasteiger partial charge in [0, 0.05) is 6.04 Å². The van der Waals surface area contributed by atoms with Crippen LogP contribution in [-0.4, -0.2) is 20.6 Å². The third-order valence-corrected chi connectivity index (χ3v) is 5.43. The first-order valence-corrected chi connectivity index (χ1v) is 8.45. The van der Waals surface area contributed by atoms with Crippen LogP contribution < -0.4 is 4.72 Å². The standard InChI is InChI=1S/C14H17F4NO2S/c1-9-6-7-10(8-12(9)15)22(20,21)19-13-5-3-2-4-11(13)14(16,17)18/h6-8,11,13,19H,2-5H2,1H3/t11-,13-/m1/s1. The summed E-state index contributed by atoms with van der Waals surface area (Å²) in [6.45, 7) is 1.47. The number of sulfonamides is 1. The predicted molar refractivity (Wildman–Crippen MR) is 73.3 cm³/mol. The molecule has 1 saturated carbocycles. The van der Waals surface area contributed by atoms with Crippen LogP contribution in [0.5, 0.6) is 0 Å². The average Bonchev–Trinajstić information content (AvgIpc) is 2.40. The highest BCUT2D eigenvalue weighted by Gasteiger charge is 2.46. The van der Waals surface area contributed by atoms with Crippen molar-refractivity contribution in [2.24, 2.45) is 5.92 Å². The number of hydrogen-bond donors (Lipinski definition) is 1. The molecule has 2 rings (SSSR count). The second-order valence-electron chi connectivity index (χ2n) is 5.57. The quantitative estimate of drug-likeness (QED) is 0.857. The van der Waals surface area contributed by atoms with E-state index in [1.54, 1.807) is 0 Å². The molecule has 0 unspecified atom stereocenters. The Morgan fingerprint density at radius 2 is 1.82 bits per heavy atom. The SMILES string of the molecule is Cc1ccc(S(=O)(=O)N[C@@H]2CCCC[C@H]2C(F)(F)F)cc1F. The highest BCUT2D eigenvalue weighted by molar-refractivity contribution is 7.89. The van der Waals surface area contributed by atoms with E-state index in [1.165, 1.54) is 19.1 Å². The molecule has 0 aromatic heterocycles. The minimum atomic E-state index is -4.45. The van der Waals surface area contributed by atoms with Crippen molar-refractivity contribution in [1.29, 1.82) is 0 Å². The topological polar surface area (TPSA) is 46.2 Å². The Morgan fingerprint density at radius 1 is 1.18 bits per heavy atom. The summed E-state index contributed by atoms with van der Waals surface area (Å²) in [5.41, 5.74) is 0.268. The van der Waals surface area contributed by atoms with Gasteiger partial charge in [-0.05, 0) is 37.5 Å². The minimum Gasteiger partial charge on any atom is -0.207 e. The molecule has 3 nitrogen and oxygen atoms in total. The molecular formula is C14H17F4NO2S. The van der Waals surface area contributed by atoms with Crippen LogP contribution in [-0.2, 0) is 10.0 Å². The lowest BCUT2D eigenvalue weighted by atomic mass is 9.85. The van der Waals surface area contributed by atoms with Gasteiger partial charge in [0.25, 0.3) is 0 Å². The van der Waals surface area contributed by atoms with E-state index in [9.17, 15) is 26.0 Å². The molecule has 0 amide bonds. The van der Waals surface area contributed by atoms with Crippen molar-refractivity contribution in [3.05, 3.63) is 29.6 Å². The molecule has 1 N–H and O–H groups in total. The van der Waals surface area contributed by atoms with Crippen LogP contribution in [0.2, 0.25) is 0 Å². The summed E-state index contributed by atoms with van der Waals surface area (Å²) < 4.78 is 78.9. The number of benzene rings is 1. The van der Waals surface area contributed by atoms with E-state index in [-0.39, 0.29) is 23.3 Å². The van der Waals surface area contributed by atoms with Crippen molar-refractivity contribution in [2.45, 2.75) is 49.7 Å². The average molecular weight is 339 g/mol. The van der Waals surface area contributed by atoms with Crippen molar-refractivity contribution in [2.75, 3.05) is 0 Å². The van der Waals surface area contributed by atoms with Gasteiger partial charge in [0.2, 0.25) is 10.0 Å². The molecule has 124 valence electrons. The Balaban J connectivity index is 2.24. The van der Waals surface area contributed by atoms with Gasteiger partial charge < -0.3 is 0 Å². The fourth-order valence-electron chi connectivity index (χ4n) is 2.67. The van der Waals surface area contributed by atoms with E-state index in [0.717, 1.165) is 6.07 Å². The number of aryl methyl sites for hydroxylation is 1. The van der Waals surface area contributed by atoms with Crippen LogP contribution in [0.15, 0.2) is 23.1 Å². The zero-order valence-electron chi connectivity index (χ0n) is 12.0. The summed E-state index contributed by atoms with van der Waals surface area (Å²) in [5, 5.41) is 0. The van der Waals surface area contributed by atoms with Gasteiger partial charge in [-0.25, -0.2) is 17.5 Å². The van der Waals surface area contributed by atoms with Gasteiger partial charge in [0.05, 0.1) is 10.8 Å². The largest absolute Gasteiger partial charge is 0.393 e. The molecule has 0 bridgehead atoms. The zero-order valence-corrected chi connectivity index (χ0v) is 12.8. The van der Waals surface area contributed by atoms with Crippen molar-refractivity contribution < 1.29 is 26.0 Å². The molecule has 0 saturated heterocycles. The Morgan fingerprint density at radius 3 is 2.41 bits per heavy atom. The van der Waals surface area contributed by atoms with Gasteiger partial charge in [0.1, 0.15) is 5.82 Å². The molecule has 1 aliphatic carbocycles. The third kappa shape index (κ3) is 3.78. The van der Waals surface area contributed by atoms with E-state index in [1.807, 2.05) is 0 Å². The molecule has 2 atom stereocenters. The number of halogens is 4. The molecule has 0 heterocycles. The lowest BCUT2D eigenvalue weighted by Crippen LogP contribution is -2.47. The summed E-state index contributed by atoms with van der Waals surface area (Å²) in [6.07, 6.45) is -3.48. The summed E-state index contributed by atoms with van der Waals surface area (Å²) >= 11 is 0. The van der Waals surface area contributed by atoms with E-state index in [2.05, 4.69) is 4.72 Å². The molecule has 8 heteroatoms. The first-order valence-electron chi connectivity index (χ1n) is 6.96. The van der Waals surface area contributed by atoms with Gasteiger partial charge in [-0.3, -0.25) is 0 Å². The van der Waals surface area contributed by atoms with Gasteiger partial charge in [-0.2, -0.15) is 13.2 Å². The van der Waals surface area contributed by atoms with E-state index in [0.29, 0.717) is 12.8 Å². The maximum atomic E-state index is 13.5. The van der Waals surface area contributed by atoms with Crippen LogP contribution in [0.25, 0.3) is 0 Å². The fourth-order valence-corrected chi connectivity index (χ4v) is 3.99. The summed E-state index contributed by atoms with van der Waals surface area (Å²) in [5.74, 6) is -2.41. The molecular weight excluding hydrogens is 322 g/mol. The van der Waals surface area contributed by atoms with Crippen LogP contribution in [0.4, 0.5) is 17.6 Å². The number of nitrogens with one attached hydrogen (secondary N) is 1. The predicted octanol–water partition coefficient (Wildman–Crippen LogP) is 3.53. The fraction of sp³-hybridized carbons (Fsp3) is 0.571. The van der Waals surface area contributed by atoms with Gasteiger partial charge in [0.15, 0.2) is 0 Å². The Hall–Kier alpha value is -1.15. The molecule has 1 aliphatic rings. The Bertz CT molecular complexity index is 643. The van der Waals surface area contributed by atoms with Crippen LogP contribution in [0.1, 0.15) is 31.2 Å². The maximum Gasteiger partial charge on any atom is 0.393 e. The number of hydrogen-bond acceptors (Lipinski definition) is 2. The highest BCUT2D eigenvalue weighted by Crippen LogP contribution is 2.38. The van der Waals surface area contributed by atoms with Gasteiger partial charge >= 0.3 is 6.18 Å². The highest BCUT2D eigenvalue weighted by atomic mass is 32.2. The van der Waals surface area contributed by atoms with Crippen LogP contribution in [0, 0.1) is 18.7 Å². The molecule has 1 aromatic rings. The van der Waals surface area contributed by atoms with Gasteiger partial charge in [-0.1, -0.05) is 18.9 Å². The van der Waals surface area contributed by atoms with E-state index >= 15 is 0 Å². The lowest BCUT2D eigenvalue weighted by molar-refractivity contribution is -0.187. The first-order chi connectivity index (χ1) is 10.1. The molecule has 22 heavy (non-hydrogen) atoms. The lowest BCUT2D eigenvalue weighted by Gasteiger charge is -2.33. The second-order valence-corrected chi connectivity index (χ2v) is 7.29. The number of rotatable bonds is 3. The first kappa shape index (κ1) is 17.2. The third-order valence-electron chi connectivity index (χ3n) is 3.95. The smallest absolute Gasteiger partial charge is 0.207 e. The summed E-state index contributed by atoms with van der Waals surface area (Å²) in [7, 11) is -4.18. The van der Waals surface area contributed by atoms with Crippen molar-refractivity contribution in [3.8, 4) is 0 Å². The van der Waals surface area contributed by atoms with Crippen molar-refractivity contribution in [1.82, 2.24) is 4.72 Å². The van der Waals surface area contributed by atoms with Crippen molar-refractivity contribution >= 4 is 10.0 Å². The monoisotopic (exact) mass is 339 g/mol. The summed E-state index contributed by atoms with van der Waals surface area (Å²) in [6, 6.07) is 2.09. The molecule has 1 aromatic carbocycles. The second kappa shape index (κ2) is 6.16. The number of alkyl halides is 3. The zero-order chi connectivity index (χ0) is 16.5. The van der Waals surface area contributed by atoms with Crippen LogP contribution in [0.3, 0.4) is 0 Å². The van der Waals surface area contributed by atoms with Gasteiger partial charge in [-0.15, -0.1) is 0 Å². The van der Waals surface area contributed by atoms with Crippen LogP contribution >= 0.6 is 0 Å². The molecule has 0 spiro atoms. The van der Waals surface area contributed by atoms with Crippen molar-refractivity contribution in [3.63, 3.8) is 0 Å². The molecule has 0 radical (unpaired) electrons. The summed E-state index contributed by atoms with van der Waals surface area (Å²) in [4.78, 5) is -0.359. The maximum absolute atomic E-state index is 13.5. The normalized spacial score (nSPS) is 23.5. The van der Waals surface area contributed by atoms with E-state index in [4.69, 9.17) is 0 Å². The minimum absolute atomic E-state index is 0.0983. The Labute approximate surface area is 126 Å². The Kier molecular flexibility index (Phi) is 4.81. The molecule has 0 aliphatic heterocycles.